The lowest BCUT2D eigenvalue weighted by atomic mass is 10.1. The predicted octanol–water partition coefficient (Wildman–Crippen LogP) is 4.39. The Morgan fingerprint density at radius 1 is 0.826 bits per heavy atom. The summed E-state index contributed by atoms with van der Waals surface area (Å²) < 4.78 is 24.0. The van der Waals surface area contributed by atoms with Crippen molar-refractivity contribution in [1.82, 2.24) is 0 Å². The van der Waals surface area contributed by atoms with Gasteiger partial charge in [0, 0.05) is 0 Å². The number of hydrogen-bond acceptors (Lipinski definition) is 3. The third-order valence-electron chi connectivity index (χ3n) is 2.83. The van der Waals surface area contributed by atoms with Crippen molar-refractivity contribution in [2.45, 2.75) is 39.6 Å². The first kappa shape index (κ1) is 21.4. The number of rotatable bonds is 5. The molecular formula is C19H28O3S. The largest absolute Gasteiger partial charge is 0.387 e. The summed E-state index contributed by atoms with van der Waals surface area (Å²) in [5.74, 6) is -0.302. The second-order valence-electron chi connectivity index (χ2n) is 4.47. The minimum Gasteiger partial charge on any atom is -0.387 e. The van der Waals surface area contributed by atoms with Crippen molar-refractivity contribution >= 4 is 9.84 Å². The maximum absolute atomic E-state index is 12.0. The van der Waals surface area contributed by atoms with E-state index >= 15 is 0 Å². The molecule has 0 aromatic heterocycles. The summed E-state index contributed by atoms with van der Waals surface area (Å²) in [7, 11) is -3.33. The maximum Gasteiger partial charge on any atom is 0.157 e. The molecule has 0 bridgehead atoms. The summed E-state index contributed by atoms with van der Waals surface area (Å²) in [5, 5.41) is 9.95. The van der Waals surface area contributed by atoms with Crippen LogP contribution in [0.4, 0.5) is 0 Å². The van der Waals surface area contributed by atoms with E-state index in [9.17, 15) is 13.5 Å². The summed E-state index contributed by atoms with van der Waals surface area (Å²) in [6, 6.07) is 17.8. The van der Waals surface area contributed by atoms with Crippen molar-refractivity contribution < 1.29 is 13.5 Å². The minimum atomic E-state index is -3.33. The first-order chi connectivity index (χ1) is 11.1. The number of aliphatic hydroxyl groups excluding tert-OH is 1. The van der Waals surface area contributed by atoms with E-state index in [2.05, 4.69) is 0 Å². The van der Waals surface area contributed by atoms with E-state index in [0.717, 1.165) is 5.56 Å². The molecule has 0 aliphatic heterocycles. The second-order valence-corrected chi connectivity index (χ2v) is 6.58. The van der Waals surface area contributed by atoms with E-state index in [1.807, 2.05) is 39.8 Å². The van der Waals surface area contributed by atoms with Crippen LogP contribution < -0.4 is 0 Å². The zero-order valence-corrected chi connectivity index (χ0v) is 15.3. The van der Waals surface area contributed by atoms with Gasteiger partial charge in [0.15, 0.2) is 9.84 Å². The average Bonchev–Trinajstić information content (AvgIpc) is 2.59. The highest BCUT2D eigenvalue weighted by Crippen LogP contribution is 2.17. The van der Waals surface area contributed by atoms with Crippen molar-refractivity contribution in [3.63, 3.8) is 0 Å². The van der Waals surface area contributed by atoms with E-state index in [-0.39, 0.29) is 11.5 Å². The molecule has 0 aliphatic rings. The second kappa shape index (κ2) is 11.9. The van der Waals surface area contributed by atoms with Gasteiger partial charge in [-0.1, -0.05) is 88.4 Å². The average molecular weight is 336 g/mol. The molecule has 0 radical (unpaired) electrons. The summed E-state index contributed by atoms with van der Waals surface area (Å²) in [5.41, 5.74) is 1.36. The van der Waals surface area contributed by atoms with E-state index in [1.54, 1.807) is 48.5 Å². The molecule has 4 heteroatoms. The molecular weight excluding hydrogens is 308 g/mol. The fraction of sp³-hybridized carbons (Fsp3) is 0.368. The number of aliphatic hydroxyl groups is 1. The summed E-state index contributed by atoms with van der Waals surface area (Å²) in [6.45, 7) is 8.00. The molecule has 3 nitrogen and oxygen atoms in total. The van der Waals surface area contributed by atoms with Crippen LogP contribution in [0.15, 0.2) is 60.7 Å². The lowest BCUT2D eigenvalue weighted by molar-refractivity contribution is 0.201. The smallest absolute Gasteiger partial charge is 0.157 e. The molecule has 0 amide bonds. The number of sulfone groups is 1. The molecule has 0 fully saturated rings. The molecule has 128 valence electrons. The van der Waals surface area contributed by atoms with Gasteiger partial charge in [-0.2, -0.15) is 0 Å². The van der Waals surface area contributed by atoms with Crippen LogP contribution in [0.5, 0.6) is 0 Å². The van der Waals surface area contributed by atoms with E-state index in [4.69, 9.17) is 0 Å². The van der Waals surface area contributed by atoms with Crippen molar-refractivity contribution in [3.8, 4) is 0 Å². The molecule has 1 N–H and O–H groups in total. The van der Waals surface area contributed by atoms with Crippen molar-refractivity contribution in [2.75, 3.05) is 5.75 Å². The Balaban J connectivity index is 0.00000112. The van der Waals surface area contributed by atoms with Gasteiger partial charge in [-0.05, 0) is 11.1 Å². The van der Waals surface area contributed by atoms with Gasteiger partial charge in [0.25, 0.3) is 0 Å². The summed E-state index contributed by atoms with van der Waals surface area (Å²) in [6.07, 6.45) is -0.977. The van der Waals surface area contributed by atoms with E-state index in [0.29, 0.717) is 5.56 Å². The quantitative estimate of drug-likeness (QED) is 0.881. The third kappa shape index (κ3) is 8.53. The van der Waals surface area contributed by atoms with Crippen molar-refractivity contribution in [3.05, 3.63) is 71.8 Å². The minimum absolute atomic E-state index is 0.0439. The maximum atomic E-state index is 12.0. The van der Waals surface area contributed by atoms with Gasteiger partial charge >= 0.3 is 0 Å². The van der Waals surface area contributed by atoms with Gasteiger partial charge in [-0.15, -0.1) is 0 Å². The SMILES string of the molecule is CC.CC.O=S(=O)(Cc1ccccc1)CC(O)c1ccccc1. The highest BCUT2D eigenvalue weighted by atomic mass is 32.2. The molecule has 0 heterocycles. The third-order valence-corrected chi connectivity index (χ3v) is 4.42. The molecule has 2 rings (SSSR count). The number of hydrogen-bond donors (Lipinski definition) is 1. The lowest BCUT2D eigenvalue weighted by Crippen LogP contribution is -2.16. The standard InChI is InChI=1S/C15H16O3S.2C2H6/c16-15(14-9-5-2-6-10-14)12-19(17,18)11-13-7-3-1-4-8-13;2*1-2/h1-10,15-16H,11-12H2;2*1-2H3. The molecule has 0 saturated heterocycles. The van der Waals surface area contributed by atoms with Crippen molar-refractivity contribution in [2.24, 2.45) is 0 Å². The fourth-order valence-corrected chi connectivity index (χ4v) is 3.39. The van der Waals surface area contributed by atoms with E-state index < -0.39 is 15.9 Å². The van der Waals surface area contributed by atoms with Gasteiger partial charge in [0.1, 0.15) is 0 Å². The zero-order valence-electron chi connectivity index (χ0n) is 14.4. The Morgan fingerprint density at radius 3 is 1.74 bits per heavy atom. The van der Waals surface area contributed by atoms with Gasteiger partial charge < -0.3 is 5.11 Å². The molecule has 1 atom stereocenters. The zero-order chi connectivity index (χ0) is 17.7. The topological polar surface area (TPSA) is 54.4 Å². The van der Waals surface area contributed by atoms with Crippen LogP contribution in [0, 0.1) is 0 Å². The number of benzene rings is 2. The molecule has 1 unspecified atom stereocenters. The van der Waals surface area contributed by atoms with Gasteiger partial charge in [0.05, 0.1) is 17.6 Å². The lowest BCUT2D eigenvalue weighted by Gasteiger charge is -2.11. The molecule has 2 aromatic carbocycles. The highest BCUT2D eigenvalue weighted by molar-refractivity contribution is 7.90. The highest BCUT2D eigenvalue weighted by Gasteiger charge is 2.19. The first-order valence-electron chi connectivity index (χ1n) is 8.04. The Bertz CT molecular complexity index is 608. The van der Waals surface area contributed by atoms with Gasteiger partial charge in [-0.3, -0.25) is 0 Å². The molecule has 2 aromatic rings. The normalized spacial score (nSPS) is 11.3. The van der Waals surface area contributed by atoms with Gasteiger partial charge in [-0.25, -0.2) is 8.42 Å². The molecule has 0 aliphatic carbocycles. The van der Waals surface area contributed by atoms with Crippen molar-refractivity contribution in [1.29, 1.82) is 0 Å². The fourth-order valence-electron chi connectivity index (χ4n) is 1.90. The van der Waals surface area contributed by atoms with Crippen LogP contribution in [0.2, 0.25) is 0 Å². The van der Waals surface area contributed by atoms with Crippen LogP contribution in [0.3, 0.4) is 0 Å². The van der Waals surface area contributed by atoms with Crippen LogP contribution in [0.25, 0.3) is 0 Å². The Labute approximate surface area is 140 Å². The molecule has 23 heavy (non-hydrogen) atoms. The first-order valence-corrected chi connectivity index (χ1v) is 9.86. The van der Waals surface area contributed by atoms with E-state index in [1.165, 1.54) is 0 Å². The Kier molecular flexibility index (Phi) is 11.0. The van der Waals surface area contributed by atoms with Crippen LogP contribution in [-0.4, -0.2) is 19.3 Å². The van der Waals surface area contributed by atoms with Gasteiger partial charge in [0.2, 0.25) is 0 Å². The summed E-state index contributed by atoms with van der Waals surface area (Å²) in [4.78, 5) is 0. The summed E-state index contributed by atoms with van der Waals surface area (Å²) >= 11 is 0. The monoisotopic (exact) mass is 336 g/mol. The predicted molar refractivity (Wildman–Crippen MR) is 98.0 cm³/mol. The Morgan fingerprint density at radius 2 is 1.26 bits per heavy atom. The van der Waals surface area contributed by atoms with Crippen LogP contribution in [-0.2, 0) is 15.6 Å². The Hall–Kier alpha value is -1.65. The molecule has 0 saturated carbocycles. The molecule has 0 spiro atoms. The van der Waals surface area contributed by atoms with Crippen LogP contribution in [0.1, 0.15) is 44.9 Å². The van der Waals surface area contributed by atoms with Crippen LogP contribution >= 0.6 is 0 Å².